The molecule has 1 rings (SSSR count). The van der Waals surface area contributed by atoms with Crippen LogP contribution < -0.4 is 5.32 Å². The van der Waals surface area contributed by atoms with Crippen molar-refractivity contribution in [3.63, 3.8) is 0 Å². The first-order valence-corrected chi connectivity index (χ1v) is 7.53. The van der Waals surface area contributed by atoms with Crippen molar-refractivity contribution in [3.05, 3.63) is 35.9 Å². The Kier molecular flexibility index (Phi) is 6.57. The lowest BCUT2D eigenvalue weighted by molar-refractivity contribution is -0.153. The highest BCUT2D eigenvalue weighted by Crippen LogP contribution is 2.19. The Morgan fingerprint density at radius 3 is 2.17 bits per heavy atom. The molecule has 2 atom stereocenters. The Hall–Kier alpha value is -2.08. The lowest BCUT2D eigenvalue weighted by Crippen LogP contribution is -2.48. The predicted molar refractivity (Wildman–Crippen MR) is 85.8 cm³/mol. The van der Waals surface area contributed by atoms with Crippen LogP contribution in [0.4, 0.5) is 4.79 Å². The zero-order valence-corrected chi connectivity index (χ0v) is 14.2. The number of benzene rings is 1. The van der Waals surface area contributed by atoms with Crippen LogP contribution in [0.5, 0.6) is 0 Å². The summed E-state index contributed by atoms with van der Waals surface area (Å²) in [5.74, 6) is -0.720. The number of amides is 1. The number of nitrogens with one attached hydrogen (secondary N) is 1. The first-order chi connectivity index (χ1) is 10.6. The van der Waals surface area contributed by atoms with Gasteiger partial charge in [0, 0.05) is 0 Å². The summed E-state index contributed by atoms with van der Waals surface area (Å²) in [5.41, 5.74) is -0.219. The van der Waals surface area contributed by atoms with Crippen molar-refractivity contribution in [2.24, 2.45) is 0 Å². The number of rotatable bonds is 5. The van der Waals surface area contributed by atoms with E-state index in [1.54, 1.807) is 65.0 Å². The van der Waals surface area contributed by atoms with E-state index in [0.29, 0.717) is 5.56 Å². The minimum atomic E-state index is -1.25. The molecule has 0 bridgehead atoms. The Bertz CT molecular complexity index is 522. The number of alkyl carbamates (subject to hydrolysis) is 1. The maximum Gasteiger partial charge on any atom is 0.408 e. The monoisotopic (exact) mass is 323 g/mol. The number of carbonyl (C=O) groups is 2. The summed E-state index contributed by atoms with van der Waals surface area (Å²) in [6, 6.07) is 7.33. The van der Waals surface area contributed by atoms with Gasteiger partial charge in [0.05, 0.1) is 6.10 Å². The van der Waals surface area contributed by atoms with Gasteiger partial charge in [-0.1, -0.05) is 30.3 Å². The van der Waals surface area contributed by atoms with E-state index in [2.05, 4.69) is 5.32 Å². The molecule has 0 aliphatic rings. The van der Waals surface area contributed by atoms with Crippen molar-refractivity contribution in [2.75, 3.05) is 0 Å². The molecule has 2 N–H and O–H groups in total. The van der Waals surface area contributed by atoms with Gasteiger partial charge in [-0.3, -0.25) is 0 Å². The van der Waals surface area contributed by atoms with Gasteiger partial charge >= 0.3 is 12.1 Å². The minimum absolute atomic E-state index is 0.367. The first kappa shape index (κ1) is 19.0. The molecule has 2 unspecified atom stereocenters. The second-order valence-corrected chi connectivity index (χ2v) is 6.47. The molecule has 23 heavy (non-hydrogen) atoms. The average Bonchev–Trinajstić information content (AvgIpc) is 2.42. The molecular weight excluding hydrogens is 298 g/mol. The van der Waals surface area contributed by atoms with Crippen LogP contribution in [0.1, 0.15) is 46.3 Å². The van der Waals surface area contributed by atoms with Crippen LogP contribution in [0.2, 0.25) is 0 Å². The van der Waals surface area contributed by atoms with Gasteiger partial charge in [-0.15, -0.1) is 0 Å². The van der Waals surface area contributed by atoms with Gasteiger partial charge in [-0.25, -0.2) is 9.59 Å². The largest absolute Gasteiger partial charge is 0.461 e. The lowest BCUT2D eigenvalue weighted by atomic mass is 10.0. The van der Waals surface area contributed by atoms with Crippen molar-refractivity contribution >= 4 is 12.1 Å². The van der Waals surface area contributed by atoms with Crippen molar-refractivity contribution in [3.8, 4) is 0 Å². The molecule has 0 saturated carbocycles. The van der Waals surface area contributed by atoms with Crippen LogP contribution in [-0.2, 0) is 14.3 Å². The summed E-state index contributed by atoms with van der Waals surface area (Å²) in [6.07, 6.45) is -2.40. The smallest absolute Gasteiger partial charge is 0.408 e. The molecule has 1 amide bonds. The minimum Gasteiger partial charge on any atom is -0.461 e. The van der Waals surface area contributed by atoms with E-state index in [-0.39, 0.29) is 6.10 Å². The number of aliphatic hydroxyl groups is 1. The molecule has 0 spiro atoms. The summed E-state index contributed by atoms with van der Waals surface area (Å²) < 4.78 is 10.3. The molecule has 0 heterocycles. The standard InChI is InChI=1S/C17H25NO5/c1-11(2)22-15(20)13(18-16(21)23-17(3,4)5)14(19)12-9-7-6-8-10-12/h6-11,13-14,19H,1-5H3,(H,18,21). The van der Waals surface area contributed by atoms with E-state index in [1.807, 2.05) is 0 Å². The van der Waals surface area contributed by atoms with E-state index >= 15 is 0 Å². The molecule has 0 aromatic heterocycles. The van der Waals surface area contributed by atoms with Crippen LogP contribution >= 0.6 is 0 Å². The van der Waals surface area contributed by atoms with Crippen LogP contribution in [0, 0.1) is 0 Å². The summed E-state index contributed by atoms with van der Waals surface area (Å²) in [7, 11) is 0. The Balaban J connectivity index is 2.93. The zero-order valence-electron chi connectivity index (χ0n) is 14.2. The van der Waals surface area contributed by atoms with E-state index in [9.17, 15) is 14.7 Å². The summed E-state index contributed by atoms with van der Waals surface area (Å²) in [4.78, 5) is 24.2. The van der Waals surface area contributed by atoms with Crippen LogP contribution in [0.3, 0.4) is 0 Å². The Labute approximate surface area is 136 Å². The predicted octanol–water partition coefficient (Wildman–Crippen LogP) is 2.56. The third-order valence-corrected chi connectivity index (χ3v) is 2.73. The molecular formula is C17H25NO5. The third-order valence-electron chi connectivity index (χ3n) is 2.73. The molecule has 1 aromatic rings. The second kappa shape index (κ2) is 7.97. The maximum atomic E-state index is 12.2. The van der Waals surface area contributed by atoms with E-state index < -0.39 is 29.8 Å². The van der Waals surface area contributed by atoms with Crippen molar-refractivity contribution < 1.29 is 24.2 Å². The average molecular weight is 323 g/mol. The normalized spacial score (nSPS) is 14.0. The van der Waals surface area contributed by atoms with E-state index in [4.69, 9.17) is 9.47 Å². The summed E-state index contributed by atoms with van der Waals surface area (Å²) in [6.45, 7) is 8.51. The van der Waals surface area contributed by atoms with Gasteiger partial charge in [0.25, 0.3) is 0 Å². The quantitative estimate of drug-likeness (QED) is 0.814. The van der Waals surface area contributed by atoms with Gasteiger partial charge in [0.15, 0.2) is 6.04 Å². The lowest BCUT2D eigenvalue weighted by Gasteiger charge is -2.26. The number of aliphatic hydroxyl groups excluding tert-OH is 1. The van der Waals surface area contributed by atoms with E-state index in [0.717, 1.165) is 0 Å². The Morgan fingerprint density at radius 2 is 1.70 bits per heavy atom. The fourth-order valence-corrected chi connectivity index (χ4v) is 1.85. The maximum absolute atomic E-state index is 12.2. The molecule has 128 valence electrons. The number of hydrogen-bond donors (Lipinski definition) is 2. The molecule has 1 aromatic carbocycles. The molecule has 0 radical (unpaired) electrons. The highest BCUT2D eigenvalue weighted by molar-refractivity contribution is 5.82. The fraction of sp³-hybridized carbons (Fsp3) is 0.529. The molecule has 6 heteroatoms. The van der Waals surface area contributed by atoms with Gasteiger partial charge < -0.3 is 19.9 Å². The Morgan fingerprint density at radius 1 is 1.13 bits per heavy atom. The number of carbonyl (C=O) groups excluding carboxylic acids is 2. The van der Waals surface area contributed by atoms with Crippen molar-refractivity contribution in [1.29, 1.82) is 0 Å². The summed E-state index contributed by atoms with van der Waals surface area (Å²) in [5, 5.41) is 12.8. The topological polar surface area (TPSA) is 84.9 Å². The van der Waals surface area contributed by atoms with E-state index in [1.165, 1.54) is 0 Å². The zero-order chi connectivity index (χ0) is 17.6. The highest BCUT2D eigenvalue weighted by Gasteiger charge is 2.33. The van der Waals surface area contributed by atoms with Crippen LogP contribution in [-0.4, -0.2) is 34.9 Å². The first-order valence-electron chi connectivity index (χ1n) is 7.53. The van der Waals surface area contributed by atoms with Gasteiger partial charge in [0.1, 0.15) is 11.7 Å². The van der Waals surface area contributed by atoms with Gasteiger partial charge in [0.2, 0.25) is 0 Å². The number of esters is 1. The molecule has 0 aliphatic heterocycles. The molecule has 6 nitrogen and oxygen atoms in total. The van der Waals surface area contributed by atoms with Gasteiger partial charge in [-0.2, -0.15) is 0 Å². The highest BCUT2D eigenvalue weighted by atomic mass is 16.6. The van der Waals surface area contributed by atoms with Crippen LogP contribution in [0.25, 0.3) is 0 Å². The third kappa shape index (κ3) is 6.69. The SMILES string of the molecule is CC(C)OC(=O)C(NC(=O)OC(C)(C)C)C(O)c1ccccc1. The molecule has 0 fully saturated rings. The summed E-state index contributed by atoms with van der Waals surface area (Å²) >= 11 is 0. The van der Waals surface area contributed by atoms with Crippen molar-refractivity contribution in [2.45, 2.75) is 58.5 Å². The van der Waals surface area contributed by atoms with Crippen molar-refractivity contribution in [1.82, 2.24) is 5.32 Å². The fourth-order valence-electron chi connectivity index (χ4n) is 1.85. The number of ether oxygens (including phenoxy) is 2. The van der Waals surface area contributed by atoms with Crippen LogP contribution in [0.15, 0.2) is 30.3 Å². The van der Waals surface area contributed by atoms with Gasteiger partial charge in [-0.05, 0) is 40.2 Å². The molecule has 0 saturated heterocycles. The number of hydrogen-bond acceptors (Lipinski definition) is 5. The molecule has 0 aliphatic carbocycles. The second-order valence-electron chi connectivity index (χ2n) is 6.47.